The van der Waals surface area contributed by atoms with Gasteiger partial charge in [-0.1, -0.05) is 6.07 Å². The van der Waals surface area contributed by atoms with Crippen molar-refractivity contribution in [2.24, 2.45) is 5.92 Å². The number of nitrogens with zero attached hydrogens (tertiary/aromatic N) is 4. The maximum absolute atomic E-state index is 14.2. The van der Waals surface area contributed by atoms with E-state index in [2.05, 4.69) is 30.9 Å². The minimum atomic E-state index is -1.09. The Bertz CT molecular complexity index is 1520. The molecular weight excluding hydrogens is 499 g/mol. The van der Waals surface area contributed by atoms with Gasteiger partial charge in [-0.05, 0) is 53.8 Å². The minimum absolute atomic E-state index is 0. The summed E-state index contributed by atoms with van der Waals surface area (Å²) in [4.78, 5) is 32.9. The van der Waals surface area contributed by atoms with E-state index in [1.807, 2.05) is 12.1 Å². The molecule has 0 unspecified atom stereocenters. The van der Waals surface area contributed by atoms with Gasteiger partial charge in [0.1, 0.15) is 40.0 Å². The SMILES string of the molecule is COc1cc(C(=O)[C@H]2C(=O)c3cc(-c4nnn[nH]4)ccc3OC23CCNCC3)nc2c(OC)cccc12.[NaH]. The van der Waals surface area contributed by atoms with Gasteiger partial charge < -0.3 is 19.5 Å². The van der Waals surface area contributed by atoms with Crippen molar-refractivity contribution in [3.63, 3.8) is 0 Å². The number of hydrogen-bond donors (Lipinski definition) is 2. The van der Waals surface area contributed by atoms with E-state index in [1.54, 1.807) is 37.4 Å². The average Bonchev–Trinajstić information content (AvgIpc) is 3.47. The van der Waals surface area contributed by atoms with E-state index in [4.69, 9.17) is 14.2 Å². The zero-order chi connectivity index (χ0) is 25.6. The summed E-state index contributed by atoms with van der Waals surface area (Å²) in [6.07, 6.45) is 0.993. The molecule has 1 fully saturated rings. The van der Waals surface area contributed by atoms with E-state index in [1.165, 1.54) is 7.11 Å². The number of H-pyrrole nitrogens is 1. The van der Waals surface area contributed by atoms with Crippen molar-refractivity contribution in [2.45, 2.75) is 18.4 Å². The molecule has 0 saturated carbocycles. The van der Waals surface area contributed by atoms with Crippen LogP contribution in [0.3, 0.4) is 0 Å². The van der Waals surface area contributed by atoms with Gasteiger partial charge >= 0.3 is 29.6 Å². The number of Topliss-reactive ketones (excluding diaryl/α,β-unsaturated/α-hetero) is 2. The Kier molecular flexibility index (Phi) is 7.19. The van der Waals surface area contributed by atoms with E-state index in [9.17, 15) is 9.59 Å². The van der Waals surface area contributed by atoms with Crippen molar-refractivity contribution in [3.8, 4) is 28.6 Å². The van der Waals surface area contributed by atoms with Crippen LogP contribution in [0.4, 0.5) is 0 Å². The molecule has 2 N–H and O–H groups in total. The first kappa shape index (κ1) is 26.2. The van der Waals surface area contributed by atoms with Crippen LogP contribution in [0, 0.1) is 5.92 Å². The van der Waals surface area contributed by atoms with Crippen molar-refractivity contribution in [1.29, 1.82) is 0 Å². The van der Waals surface area contributed by atoms with Crippen LogP contribution in [0.2, 0.25) is 0 Å². The molecule has 2 aliphatic heterocycles. The first-order chi connectivity index (χ1) is 18.0. The van der Waals surface area contributed by atoms with Crippen LogP contribution in [0.15, 0.2) is 42.5 Å². The number of ether oxygens (including phenoxy) is 3. The number of para-hydroxylation sites is 1. The second-order valence-electron chi connectivity index (χ2n) is 9.11. The molecule has 11 nitrogen and oxygen atoms in total. The van der Waals surface area contributed by atoms with E-state index in [0.29, 0.717) is 71.0 Å². The number of aromatic amines is 1. The van der Waals surface area contributed by atoms with Gasteiger partial charge in [-0.3, -0.25) is 9.59 Å². The van der Waals surface area contributed by atoms with Crippen molar-refractivity contribution >= 4 is 52.0 Å². The Hall–Kier alpha value is -3.38. The molecule has 0 amide bonds. The van der Waals surface area contributed by atoms with Crippen molar-refractivity contribution in [3.05, 3.63) is 53.7 Å². The molecule has 38 heavy (non-hydrogen) atoms. The van der Waals surface area contributed by atoms with Crippen LogP contribution >= 0.6 is 0 Å². The molecular formula is C26H25N6NaO5. The first-order valence-electron chi connectivity index (χ1n) is 11.9. The third-order valence-electron chi connectivity index (χ3n) is 7.13. The van der Waals surface area contributed by atoms with Gasteiger partial charge in [0.05, 0.1) is 19.8 Å². The summed E-state index contributed by atoms with van der Waals surface area (Å²) >= 11 is 0. The fourth-order valence-corrected chi connectivity index (χ4v) is 5.31. The van der Waals surface area contributed by atoms with Gasteiger partial charge in [0.15, 0.2) is 17.4 Å². The number of piperidine rings is 1. The standard InChI is InChI=1S/C26H24N6O5.Na.H/c1-35-19-5-3-4-15-20(36-2)13-17(28-22(15)19)24(34)21-23(33)16-12-14(25-29-31-32-30-25)6-7-18(16)37-26(21)8-10-27-11-9-26;;/h3-7,12-13,21,27H,8-11H2,1-2H3,(H,29,30,31,32);;/t21-;;/m1../s1. The molecule has 2 aromatic carbocycles. The molecule has 4 aromatic rings. The molecule has 0 bridgehead atoms. The molecule has 12 heteroatoms. The number of carbonyl (C=O) groups excluding carboxylic acids is 2. The van der Waals surface area contributed by atoms with Crippen LogP contribution < -0.4 is 19.5 Å². The topological polar surface area (TPSA) is 141 Å². The Morgan fingerprint density at radius 1 is 1.08 bits per heavy atom. The third kappa shape index (κ3) is 4.25. The Morgan fingerprint density at radius 2 is 1.87 bits per heavy atom. The van der Waals surface area contributed by atoms with Gasteiger partial charge in [-0.25, -0.2) is 10.1 Å². The van der Waals surface area contributed by atoms with Crippen molar-refractivity contribution in [2.75, 3.05) is 27.3 Å². The van der Waals surface area contributed by atoms with E-state index < -0.39 is 17.3 Å². The predicted octanol–water partition coefficient (Wildman–Crippen LogP) is 1.98. The summed E-state index contributed by atoms with van der Waals surface area (Å²) in [5.41, 5.74) is 0.529. The van der Waals surface area contributed by atoms with E-state index >= 15 is 0 Å². The Balaban J connectivity index is 0.00000294. The fourth-order valence-electron chi connectivity index (χ4n) is 5.31. The summed E-state index contributed by atoms with van der Waals surface area (Å²) in [6.45, 7) is 1.24. The van der Waals surface area contributed by atoms with Crippen LogP contribution in [-0.4, -0.2) is 99.6 Å². The molecule has 0 aliphatic carbocycles. The van der Waals surface area contributed by atoms with Crippen LogP contribution in [0.1, 0.15) is 33.7 Å². The number of methoxy groups -OCH3 is 2. The number of hydrogen-bond acceptors (Lipinski definition) is 10. The summed E-state index contributed by atoms with van der Waals surface area (Å²) in [6, 6.07) is 12.2. The van der Waals surface area contributed by atoms with Gasteiger partial charge in [0, 0.05) is 29.9 Å². The molecule has 1 atom stereocenters. The molecule has 0 radical (unpaired) electrons. The molecule has 1 saturated heterocycles. The number of aromatic nitrogens is 5. The van der Waals surface area contributed by atoms with Gasteiger partial charge in [0.2, 0.25) is 0 Å². The second kappa shape index (κ2) is 10.4. The maximum atomic E-state index is 14.2. The first-order valence-corrected chi connectivity index (χ1v) is 11.9. The summed E-state index contributed by atoms with van der Waals surface area (Å²) in [5.74, 6) is 0.0000649. The number of benzene rings is 2. The molecule has 190 valence electrons. The summed E-state index contributed by atoms with van der Waals surface area (Å²) in [7, 11) is 3.07. The Morgan fingerprint density at radius 3 is 2.58 bits per heavy atom. The summed E-state index contributed by atoms with van der Waals surface area (Å²) < 4.78 is 17.6. The monoisotopic (exact) mass is 524 g/mol. The number of tetrazole rings is 1. The summed E-state index contributed by atoms with van der Waals surface area (Å²) in [5, 5.41) is 17.8. The third-order valence-corrected chi connectivity index (χ3v) is 7.13. The fraction of sp³-hybridized carbons (Fsp3) is 0.308. The second-order valence-corrected chi connectivity index (χ2v) is 9.11. The average molecular weight is 525 g/mol. The van der Waals surface area contributed by atoms with Crippen molar-refractivity contribution in [1.82, 2.24) is 30.9 Å². The van der Waals surface area contributed by atoms with Gasteiger partial charge in [0.25, 0.3) is 0 Å². The van der Waals surface area contributed by atoms with Crippen molar-refractivity contribution < 1.29 is 23.8 Å². The number of nitrogens with one attached hydrogen (secondary N) is 2. The van der Waals surface area contributed by atoms with Crippen LogP contribution in [-0.2, 0) is 0 Å². The number of carbonyl (C=O) groups is 2. The zero-order valence-electron chi connectivity index (χ0n) is 20.3. The normalized spacial score (nSPS) is 17.8. The molecule has 2 aromatic heterocycles. The van der Waals surface area contributed by atoms with Crippen LogP contribution in [0.5, 0.6) is 17.2 Å². The Labute approximate surface area is 239 Å². The van der Waals surface area contributed by atoms with E-state index in [0.717, 1.165) is 0 Å². The van der Waals surface area contributed by atoms with E-state index in [-0.39, 0.29) is 41.0 Å². The molecule has 1 spiro atoms. The molecule has 2 aliphatic rings. The quantitative estimate of drug-likeness (QED) is 0.226. The number of pyridine rings is 1. The number of fused-ring (bicyclic) bond motifs is 2. The van der Waals surface area contributed by atoms with Gasteiger partial charge in [-0.15, -0.1) is 5.10 Å². The number of rotatable bonds is 5. The number of ketones is 2. The molecule has 4 heterocycles. The predicted molar refractivity (Wildman–Crippen MR) is 139 cm³/mol. The van der Waals surface area contributed by atoms with Gasteiger partial charge in [-0.2, -0.15) is 0 Å². The molecule has 6 rings (SSSR count). The zero-order valence-corrected chi connectivity index (χ0v) is 20.3. The van der Waals surface area contributed by atoms with Crippen LogP contribution in [0.25, 0.3) is 22.3 Å².